The van der Waals surface area contributed by atoms with Crippen molar-refractivity contribution in [1.29, 1.82) is 0 Å². The van der Waals surface area contributed by atoms with Crippen molar-refractivity contribution >= 4 is 22.8 Å². The molecule has 2 aromatic carbocycles. The van der Waals surface area contributed by atoms with Crippen molar-refractivity contribution in [2.24, 2.45) is 5.16 Å². The van der Waals surface area contributed by atoms with Crippen LogP contribution in [0.5, 0.6) is 0 Å². The molecule has 1 radical (unpaired) electrons. The van der Waals surface area contributed by atoms with Gasteiger partial charge in [-0.3, -0.25) is 30.3 Å². The molecule has 0 fully saturated rings. The minimum atomic E-state index is -1.28. The van der Waals surface area contributed by atoms with E-state index in [9.17, 15) is 35.6 Å². The molecule has 0 atom stereocenters. The van der Waals surface area contributed by atoms with E-state index in [0.29, 0.717) is 5.56 Å². The lowest BCUT2D eigenvalue weighted by atomic mass is 10.0. The predicted molar refractivity (Wildman–Crippen MR) is 78.2 cm³/mol. The molecule has 2 aromatic rings. The lowest BCUT2D eigenvalue weighted by Crippen LogP contribution is -2.08. The zero-order chi connectivity index (χ0) is 17.6. The molecule has 0 aromatic heterocycles. The van der Waals surface area contributed by atoms with Crippen LogP contribution in [0.15, 0.2) is 35.5 Å². The molecule has 11 nitrogen and oxygen atoms in total. The normalized spacial score (nSPS) is 13.4. The van der Waals surface area contributed by atoms with Gasteiger partial charge in [0.25, 0.3) is 0 Å². The maximum absolute atomic E-state index is 11.4. The lowest BCUT2D eigenvalue weighted by molar-refractivity contribution is -0.441. The standard InChI is InChI=1S/C13H5N4O7/c18-14-11-7-4-2-1-3-6(7)8-5-9(15(19)20)12(16(21)22)13(10(8)11)17(23)24/h1-5H. The van der Waals surface area contributed by atoms with Crippen LogP contribution in [-0.2, 0) is 5.21 Å². The number of hydrogen-bond acceptors (Lipinski definition) is 7. The molecule has 0 amide bonds. The molecule has 0 spiro atoms. The van der Waals surface area contributed by atoms with Gasteiger partial charge in [-0.1, -0.05) is 24.3 Å². The minimum absolute atomic E-state index is 0.01000. The van der Waals surface area contributed by atoms with Gasteiger partial charge in [-0.2, -0.15) is 0 Å². The van der Waals surface area contributed by atoms with Gasteiger partial charge >= 0.3 is 17.1 Å². The minimum Gasteiger partial charge on any atom is -0.258 e. The summed E-state index contributed by atoms with van der Waals surface area (Å²) >= 11 is 0. The predicted octanol–water partition coefficient (Wildman–Crippen LogP) is 2.57. The Morgan fingerprint density at radius 2 is 1.38 bits per heavy atom. The van der Waals surface area contributed by atoms with Crippen LogP contribution < -0.4 is 0 Å². The van der Waals surface area contributed by atoms with Crippen molar-refractivity contribution < 1.29 is 20.0 Å². The molecule has 11 heteroatoms. The number of nitrogens with zero attached hydrogens (tertiary/aromatic N) is 4. The Kier molecular flexibility index (Phi) is 3.18. The first kappa shape index (κ1) is 15.0. The van der Waals surface area contributed by atoms with Gasteiger partial charge in [-0.25, -0.2) is 0 Å². The number of fused-ring (bicyclic) bond motifs is 3. The molecule has 3 rings (SSSR count). The van der Waals surface area contributed by atoms with Crippen molar-refractivity contribution in [1.82, 2.24) is 0 Å². The van der Waals surface area contributed by atoms with Crippen molar-refractivity contribution in [2.75, 3.05) is 0 Å². The fourth-order valence-electron chi connectivity index (χ4n) is 2.75. The first-order chi connectivity index (χ1) is 11.4. The van der Waals surface area contributed by atoms with E-state index in [-0.39, 0.29) is 22.4 Å². The van der Waals surface area contributed by atoms with Gasteiger partial charge in [0.15, 0.2) is 0 Å². The molecule has 24 heavy (non-hydrogen) atoms. The largest absolute Gasteiger partial charge is 0.423 e. The van der Waals surface area contributed by atoms with Crippen LogP contribution in [-0.4, -0.2) is 20.5 Å². The van der Waals surface area contributed by atoms with E-state index in [0.717, 1.165) is 6.07 Å². The Morgan fingerprint density at radius 1 is 0.792 bits per heavy atom. The van der Waals surface area contributed by atoms with Crippen LogP contribution >= 0.6 is 0 Å². The molecule has 0 bridgehead atoms. The fourth-order valence-corrected chi connectivity index (χ4v) is 2.75. The summed E-state index contributed by atoms with van der Waals surface area (Å²) in [6, 6.07) is 6.91. The van der Waals surface area contributed by atoms with Gasteiger partial charge in [0.05, 0.1) is 20.3 Å². The van der Waals surface area contributed by atoms with Gasteiger partial charge in [-0.15, -0.1) is 5.21 Å². The molecule has 0 saturated carbocycles. The highest BCUT2D eigenvalue weighted by Gasteiger charge is 2.45. The van der Waals surface area contributed by atoms with Gasteiger partial charge in [0.1, 0.15) is 5.71 Å². The summed E-state index contributed by atoms with van der Waals surface area (Å²) in [7, 11) is 0. The molecular weight excluding hydrogens is 324 g/mol. The topological polar surface area (TPSA) is 162 Å². The van der Waals surface area contributed by atoms with Crippen LogP contribution in [0, 0.1) is 30.3 Å². The smallest absolute Gasteiger partial charge is 0.258 e. The first-order valence-electron chi connectivity index (χ1n) is 6.33. The molecule has 0 unspecified atom stereocenters. The van der Waals surface area contributed by atoms with Crippen molar-refractivity contribution in [3.05, 3.63) is 71.8 Å². The fraction of sp³-hybridized carbons (Fsp3) is 0. The van der Waals surface area contributed by atoms with Gasteiger partial charge in [0, 0.05) is 17.2 Å². The molecule has 0 aliphatic heterocycles. The lowest BCUT2D eigenvalue weighted by Gasteiger charge is -2.03. The molecule has 0 N–H and O–H groups in total. The van der Waals surface area contributed by atoms with Crippen LogP contribution in [0.3, 0.4) is 0 Å². The van der Waals surface area contributed by atoms with E-state index < -0.39 is 31.8 Å². The summed E-state index contributed by atoms with van der Waals surface area (Å²) < 4.78 is 0. The van der Waals surface area contributed by atoms with Crippen molar-refractivity contribution in [3.63, 3.8) is 0 Å². The second-order valence-electron chi connectivity index (χ2n) is 4.77. The summed E-state index contributed by atoms with van der Waals surface area (Å²) in [5, 5.41) is 47.7. The molecule has 119 valence electrons. The molecular formula is C13H5N4O7. The van der Waals surface area contributed by atoms with E-state index in [2.05, 4.69) is 5.16 Å². The Hall–Kier alpha value is -3.89. The highest BCUT2D eigenvalue weighted by Crippen LogP contribution is 2.49. The van der Waals surface area contributed by atoms with Gasteiger partial charge in [0.2, 0.25) is 0 Å². The number of nitro groups is 3. The Morgan fingerprint density at radius 3 is 1.88 bits per heavy atom. The summed E-state index contributed by atoms with van der Waals surface area (Å²) in [6.45, 7) is 0. The number of hydrogen-bond donors (Lipinski definition) is 0. The second kappa shape index (κ2) is 5.08. The molecule has 0 saturated heterocycles. The quantitative estimate of drug-likeness (QED) is 0.529. The Balaban J connectivity index is 2.56. The van der Waals surface area contributed by atoms with E-state index in [1.807, 2.05) is 0 Å². The maximum atomic E-state index is 11.4. The molecule has 1 aliphatic rings. The third kappa shape index (κ3) is 1.88. The summed E-state index contributed by atoms with van der Waals surface area (Å²) in [6.07, 6.45) is 0. The zero-order valence-corrected chi connectivity index (χ0v) is 11.5. The SMILES string of the molecule is [O]N=C1c2ccccc2-c2cc([N+](=O)[O-])c([N+](=O)[O-])c([N+](=O)[O-])c21. The van der Waals surface area contributed by atoms with E-state index >= 15 is 0 Å². The Bertz CT molecular complexity index is 967. The zero-order valence-electron chi connectivity index (χ0n) is 11.5. The number of rotatable bonds is 3. The average molecular weight is 329 g/mol. The van der Waals surface area contributed by atoms with Crippen molar-refractivity contribution in [3.8, 4) is 11.1 Å². The second-order valence-corrected chi connectivity index (χ2v) is 4.77. The van der Waals surface area contributed by atoms with Gasteiger partial charge < -0.3 is 0 Å². The maximum Gasteiger partial charge on any atom is 0.423 e. The summed E-state index contributed by atoms with van der Waals surface area (Å²) in [5.74, 6) is 0. The van der Waals surface area contributed by atoms with Crippen LogP contribution in [0.25, 0.3) is 11.1 Å². The monoisotopic (exact) mass is 329 g/mol. The Labute approximate surface area is 131 Å². The molecule has 1 aliphatic carbocycles. The van der Waals surface area contributed by atoms with E-state index in [1.165, 1.54) is 12.1 Å². The number of nitro benzene ring substituents is 3. The van der Waals surface area contributed by atoms with E-state index in [1.54, 1.807) is 12.1 Å². The van der Waals surface area contributed by atoms with Gasteiger partial charge in [-0.05, 0) is 10.7 Å². The van der Waals surface area contributed by atoms with Crippen LogP contribution in [0.1, 0.15) is 11.1 Å². The highest BCUT2D eigenvalue weighted by atomic mass is 16.6. The van der Waals surface area contributed by atoms with Crippen LogP contribution in [0.2, 0.25) is 0 Å². The van der Waals surface area contributed by atoms with Crippen LogP contribution in [0.4, 0.5) is 17.1 Å². The van der Waals surface area contributed by atoms with Crippen molar-refractivity contribution in [2.45, 2.75) is 0 Å². The summed E-state index contributed by atoms with van der Waals surface area (Å²) in [5.41, 5.74) is -3.63. The third-order valence-electron chi connectivity index (χ3n) is 3.62. The highest BCUT2D eigenvalue weighted by molar-refractivity contribution is 6.27. The molecule has 0 heterocycles. The average Bonchev–Trinajstić information content (AvgIpc) is 2.86. The first-order valence-corrected chi connectivity index (χ1v) is 6.33. The third-order valence-corrected chi connectivity index (χ3v) is 3.62. The number of benzene rings is 2. The summed E-state index contributed by atoms with van der Waals surface area (Å²) in [4.78, 5) is 30.4. The van der Waals surface area contributed by atoms with E-state index in [4.69, 9.17) is 0 Å².